The van der Waals surface area contributed by atoms with Crippen LogP contribution in [0.15, 0.2) is 71.0 Å². The Hall–Kier alpha value is -2.12. The van der Waals surface area contributed by atoms with Crippen LogP contribution in [0.2, 0.25) is 5.02 Å². The van der Waals surface area contributed by atoms with Gasteiger partial charge in [0.15, 0.2) is 5.17 Å². The first-order valence-electron chi connectivity index (χ1n) is 8.59. The highest BCUT2D eigenvalue weighted by atomic mass is 35.5. The lowest BCUT2D eigenvalue weighted by Crippen LogP contribution is -2.33. The molecule has 158 valence electrons. The highest BCUT2D eigenvalue weighted by Gasteiger charge is 2.39. The van der Waals surface area contributed by atoms with Crippen molar-refractivity contribution in [3.8, 4) is 5.75 Å². The van der Waals surface area contributed by atoms with Gasteiger partial charge < -0.3 is 14.7 Å². The SMILES string of the molecule is COc1ccccc1C1C(C(=O)O)=C(C)N=C2SC(c3ccc(Cl)cc3)=CN21.Cl.Cl. The van der Waals surface area contributed by atoms with Gasteiger partial charge in [-0.25, -0.2) is 9.79 Å². The van der Waals surface area contributed by atoms with Crippen molar-refractivity contribution in [2.45, 2.75) is 13.0 Å². The third-order valence-corrected chi connectivity index (χ3v) is 5.97. The van der Waals surface area contributed by atoms with Gasteiger partial charge in [0.05, 0.1) is 24.4 Å². The van der Waals surface area contributed by atoms with Gasteiger partial charge in [0.1, 0.15) is 5.75 Å². The maximum atomic E-state index is 12.1. The maximum Gasteiger partial charge on any atom is 0.335 e. The second kappa shape index (κ2) is 9.79. The number of nitrogens with zero attached hydrogens (tertiary/aromatic N) is 2. The zero-order valence-corrected chi connectivity index (χ0v) is 19.2. The number of carboxylic acids is 1. The van der Waals surface area contributed by atoms with Crippen LogP contribution in [0.25, 0.3) is 4.91 Å². The summed E-state index contributed by atoms with van der Waals surface area (Å²) < 4.78 is 5.51. The number of aliphatic imine (C=N–C) groups is 1. The predicted octanol–water partition coefficient (Wildman–Crippen LogP) is 6.01. The second-order valence-electron chi connectivity index (χ2n) is 6.35. The van der Waals surface area contributed by atoms with E-state index in [-0.39, 0.29) is 30.4 Å². The van der Waals surface area contributed by atoms with E-state index < -0.39 is 12.0 Å². The molecule has 1 unspecified atom stereocenters. The van der Waals surface area contributed by atoms with E-state index in [9.17, 15) is 9.90 Å². The van der Waals surface area contributed by atoms with Crippen molar-refractivity contribution in [3.63, 3.8) is 0 Å². The van der Waals surface area contributed by atoms with Crippen LogP contribution in [0, 0.1) is 0 Å². The number of methoxy groups -OCH3 is 1. The number of ether oxygens (including phenoxy) is 1. The second-order valence-corrected chi connectivity index (χ2v) is 7.80. The van der Waals surface area contributed by atoms with Crippen LogP contribution in [0.3, 0.4) is 0 Å². The Balaban J connectivity index is 0.00000160. The van der Waals surface area contributed by atoms with Crippen LogP contribution in [-0.2, 0) is 4.79 Å². The number of allylic oxidation sites excluding steroid dienone is 1. The van der Waals surface area contributed by atoms with Gasteiger partial charge in [0.2, 0.25) is 0 Å². The summed E-state index contributed by atoms with van der Waals surface area (Å²) in [5.41, 5.74) is 2.51. The summed E-state index contributed by atoms with van der Waals surface area (Å²) in [6.07, 6.45) is 1.94. The number of benzene rings is 2. The fourth-order valence-electron chi connectivity index (χ4n) is 3.38. The molecule has 0 amide bonds. The Morgan fingerprint density at radius 3 is 2.47 bits per heavy atom. The number of aliphatic carboxylic acids is 1. The van der Waals surface area contributed by atoms with E-state index in [1.54, 1.807) is 14.0 Å². The van der Waals surface area contributed by atoms with E-state index >= 15 is 0 Å². The molecule has 2 aromatic carbocycles. The summed E-state index contributed by atoms with van der Waals surface area (Å²) in [5.74, 6) is -0.354. The molecule has 0 spiro atoms. The lowest BCUT2D eigenvalue weighted by molar-refractivity contribution is -0.133. The normalized spacial score (nSPS) is 17.3. The summed E-state index contributed by atoms with van der Waals surface area (Å²) in [7, 11) is 1.58. The van der Waals surface area contributed by atoms with Crippen molar-refractivity contribution in [2.24, 2.45) is 4.99 Å². The third-order valence-electron chi connectivity index (χ3n) is 4.68. The van der Waals surface area contributed by atoms with Crippen LogP contribution in [-0.4, -0.2) is 28.3 Å². The molecule has 1 atom stereocenters. The molecule has 0 aromatic heterocycles. The van der Waals surface area contributed by atoms with Crippen LogP contribution in [0.4, 0.5) is 0 Å². The van der Waals surface area contributed by atoms with E-state index in [1.165, 1.54) is 11.8 Å². The van der Waals surface area contributed by atoms with E-state index in [1.807, 2.05) is 59.6 Å². The van der Waals surface area contributed by atoms with Gasteiger partial charge in [0, 0.05) is 21.7 Å². The van der Waals surface area contributed by atoms with Crippen molar-refractivity contribution in [1.82, 2.24) is 4.90 Å². The number of hydrogen-bond acceptors (Lipinski definition) is 5. The molecule has 0 bridgehead atoms. The van der Waals surface area contributed by atoms with Crippen molar-refractivity contribution in [1.29, 1.82) is 0 Å². The zero-order valence-electron chi connectivity index (χ0n) is 16.0. The number of carbonyl (C=O) groups is 1. The fraction of sp³-hybridized carbons (Fsp3) is 0.143. The first-order valence-corrected chi connectivity index (χ1v) is 9.78. The van der Waals surface area contributed by atoms with Crippen LogP contribution in [0.5, 0.6) is 5.75 Å². The Bertz CT molecular complexity index is 1050. The largest absolute Gasteiger partial charge is 0.496 e. The molecule has 4 rings (SSSR count). The topological polar surface area (TPSA) is 62.1 Å². The lowest BCUT2D eigenvalue weighted by atomic mass is 9.94. The van der Waals surface area contributed by atoms with E-state index in [2.05, 4.69) is 4.99 Å². The standard InChI is InChI=1S/C21H17ClN2O3S.2ClH/c1-12-18(20(25)26)19(15-5-3-4-6-16(15)27-2)24-11-17(28-21(24)23-12)13-7-9-14(22)10-8-13;;/h3-11,19H,1-2H3,(H,25,26);2*1H. The van der Waals surface area contributed by atoms with Gasteiger partial charge in [-0.3, -0.25) is 0 Å². The quantitative estimate of drug-likeness (QED) is 0.575. The van der Waals surface area contributed by atoms with Crippen molar-refractivity contribution >= 4 is 64.2 Å². The Morgan fingerprint density at radius 1 is 1.17 bits per heavy atom. The molecule has 2 aliphatic heterocycles. The number of para-hydroxylation sites is 1. The van der Waals surface area contributed by atoms with Crippen molar-refractivity contribution in [3.05, 3.63) is 82.2 Å². The minimum absolute atomic E-state index is 0. The lowest BCUT2D eigenvalue weighted by Gasteiger charge is -2.33. The average Bonchev–Trinajstić information content (AvgIpc) is 3.10. The smallest absolute Gasteiger partial charge is 0.335 e. The first-order chi connectivity index (χ1) is 13.5. The van der Waals surface area contributed by atoms with Gasteiger partial charge in [-0.05, 0) is 42.4 Å². The molecular formula is C21H19Cl3N2O3S. The number of thioether (sulfide) groups is 1. The molecule has 0 saturated carbocycles. The highest BCUT2D eigenvalue weighted by Crippen LogP contribution is 2.47. The van der Waals surface area contributed by atoms with E-state index in [0.29, 0.717) is 16.5 Å². The van der Waals surface area contributed by atoms with Crippen LogP contribution in [0.1, 0.15) is 24.1 Å². The molecule has 0 radical (unpaired) electrons. The molecule has 2 heterocycles. The number of rotatable bonds is 4. The summed E-state index contributed by atoms with van der Waals surface area (Å²) >= 11 is 7.51. The highest BCUT2D eigenvalue weighted by molar-refractivity contribution is 8.22. The molecule has 0 fully saturated rings. The van der Waals surface area contributed by atoms with Gasteiger partial charge in [-0.2, -0.15) is 0 Å². The Kier molecular flexibility index (Phi) is 7.88. The minimum Gasteiger partial charge on any atom is -0.496 e. The maximum absolute atomic E-state index is 12.1. The molecular weight excluding hydrogens is 467 g/mol. The Morgan fingerprint density at radius 2 is 1.83 bits per heavy atom. The molecule has 9 heteroatoms. The number of carboxylic acid groups (broad SMARTS) is 1. The third kappa shape index (κ3) is 4.32. The molecule has 5 nitrogen and oxygen atoms in total. The molecule has 2 aromatic rings. The van der Waals surface area contributed by atoms with Gasteiger partial charge in [0.25, 0.3) is 0 Å². The van der Waals surface area contributed by atoms with Crippen molar-refractivity contribution < 1.29 is 14.6 Å². The number of halogens is 3. The predicted molar refractivity (Wildman–Crippen MR) is 127 cm³/mol. The number of fused-ring (bicyclic) bond motifs is 1. The molecule has 2 aliphatic rings. The summed E-state index contributed by atoms with van der Waals surface area (Å²) in [6, 6.07) is 14.5. The fourth-order valence-corrected chi connectivity index (χ4v) is 4.57. The van der Waals surface area contributed by atoms with Gasteiger partial charge in [-0.15, -0.1) is 24.8 Å². The summed E-state index contributed by atoms with van der Waals surface area (Å²) in [4.78, 5) is 19.5. The number of hydrogen-bond donors (Lipinski definition) is 1. The van der Waals surface area contributed by atoms with E-state index in [0.717, 1.165) is 21.2 Å². The molecule has 30 heavy (non-hydrogen) atoms. The molecule has 0 saturated heterocycles. The van der Waals surface area contributed by atoms with Gasteiger partial charge >= 0.3 is 5.97 Å². The first kappa shape index (κ1) is 24.2. The average molecular weight is 486 g/mol. The summed E-state index contributed by atoms with van der Waals surface area (Å²) in [6.45, 7) is 1.73. The monoisotopic (exact) mass is 484 g/mol. The Labute approximate surface area is 196 Å². The van der Waals surface area contributed by atoms with Crippen LogP contribution >= 0.6 is 48.2 Å². The van der Waals surface area contributed by atoms with Crippen LogP contribution < -0.4 is 4.74 Å². The van der Waals surface area contributed by atoms with Crippen molar-refractivity contribution in [2.75, 3.05) is 7.11 Å². The zero-order chi connectivity index (χ0) is 19.8. The molecule has 1 N–H and O–H groups in total. The minimum atomic E-state index is -0.991. The number of amidine groups is 1. The van der Waals surface area contributed by atoms with E-state index in [4.69, 9.17) is 16.3 Å². The molecule has 0 aliphatic carbocycles. The summed E-state index contributed by atoms with van der Waals surface area (Å²) in [5, 5.41) is 11.3. The van der Waals surface area contributed by atoms with Gasteiger partial charge in [-0.1, -0.05) is 41.9 Å².